The van der Waals surface area contributed by atoms with Crippen molar-refractivity contribution in [1.82, 2.24) is 0 Å². The fourth-order valence-electron chi connectivity index (χ4n) is 0.899. The normalized spacial score (nSPS) is 11.5. The van der Waals surface area contributed by atoms with Crippen molar-refractivity contribution in [3.63, 3.8) is 0 Å². The fraction of sp³-hybridized carbons (Fsp3) is 0.111. The number of carbonyl (C=O) groups excluding carboxylic acids is 1. The van der Waals surface area contributed by atoms with Gasteiger partial charge in [0.15, 0.2) is 0 Å². The van der Waals surface area contributed by atoms with E-state index in [0.29, 0.717) is 10.7 Å². The maximum Gasteiger partial charge on any atom is 0.269 e. The first kappa shape index (κ1) is 14.9. The van der Waals surface area contributed by atoms with E-state index < -0.39 is 5.24 Å². The number of carbonyl (C=O) groups is 1. The van der Waals surface area contributed by atoms with Gasteiger partial charge in [0, 0.05) is 5.02 Å². The molecule has 1 N–H and O–H groups in total. The molecule has 1 aromatic rings. The molecule has 0 aliphatic rings. The smallest absolute Gasteiger partial charge is 0.269 e. The zero-order chi connectivity index (χ0) is 13.0. The molecule has 0 heterocycles. The fourth-order valence-corrected chi connectivity index (χ4v) is 2.16. The largest absolute Gasteiger partial charge is 0.275 e. The van der Waals surface area contributed by atoms with Crippen molar-refractivity contribution in [2.24, 2.45) is 5.10 Å². The molecule has 0 bridgehead atoms. The van der Waals surface area contributed by atoms with Crippen molar-refractivity contribution in [2.75, 3.05) is 11.3 Å². The van der Waals surface area contributed by atoms with Crippen LogP contribution in [0.4, 0.5) is 5.69 Å². The van der Waals surface area contributed by atoms with Gasteiger partial charge in [-0.1, -0.05) is 34.8 Å². The number of hydrazone groups is 1. The van der Waals surface area contributed by atoms with Crippen LogP contribution in [0.2, 0.25) is 15.1 Å². The molecule has 17 heavy (non-hydrogen) atoms. The van der Waals surface area contributed by atoms with Crippen LogP contribution in [0.1, 0.15) is 0 Å². The molecule has 0 spiro atoms. The van der Waals surface area contributed by atoms with Crippen LogP contribution in [0.25, 0.3) is 0 Å². The van der Waals surface area contributed by atoms with Gasteiger partial charge in [-0.3, -0.25) is 10.2 Å². The summed E-state index contributed by atoms with van der Waals surface area (Å²) >= 11 is 28.2. The molecule has 0 radical (unpaired) electrons. The molecule has 0 atom stereocenters. The summed E-state index contributed by atoms with van der Waals surface area (Å²) < 4.78 is 0. The molecule has 3 nitrogen and oxygen atoms in total. The number of hydrogen-bond donors (Lipinski definition) is 1. The quantitative estimate of drug-likeness (QED) is 0.383. The minimum atomic E-state index is -0.756. The molecule has 0 unspecified atom stereocenters. The first-order valence-electron chi connectivity index (χ1n) is 4.18. The van der Waals surface area contributed by atoms with Crippen LogP contribution >= 0.6 is 58.0 Å². The lowest BCUT2D eigenvalue weighted by molar-refractivity contribution is -0.106. The number of nitrogens with one attached hydrogen (secondary N) is 1. The van der Waals surface area contributed by atoms with Crippen molar-refractivity contribution < 1.29 is 4.79 Å². The molecule has 0 aromatic heterocycles. The monoisotopic (exact) mass is 332 g/mol. The van der Waals surface area contributed by atoms with Gasteiger partial charge >= 0.3 is 0 Å². The Kier molecular flexibility index (Phi) is 5.83. The van der Waals surface area contributed by atoms with Crippen molar-refractivity contribution in [3.05, 3.63) is 27.2 Å². The molecule has 0 amide bonds. The lowest BCUT2D eigenvalue weighted by atomic mass is 10.3. The minimum Gasteiger partial charge on any atom is -0.275 e. The lowest BCUT2D eigenvalue weighted by Gasteiger charge is -2.07. The van der Waals surface area contributed by atoms with Crippen molar-refractivity contribution in [1.29, 1.82) is 0 Å². The molecule has 0 aliphatic heterocycles. The van der Waals surface area contributed by atoms with E-state index in [4.69, 9.17) is 58.0 Å². The van der Waals surface area contributed by atoms with Gasteiger partial charge in [-0.15, -0.1) is 11.6 Å². The van der Waals surface area contributed by atoms with Gasteiger partial charge in [0.1, 0.15) is 5.71 Å². The van der Waals surface area contributed by atoms with Crippen LogP contribution in [-0.2, 0) is 4.79 Å². The number of nitrogens with zero attached hydrogens (tertiary/aromatic N) is 1. The van der Waals surface area contributed by atoms with Crippen LogP contribution in [0.15, 0.2) is 17.2 Å². The summed E-state index contributed by atoms with van der Waals surface area (Å²) in [4.78, 5) is 10.8. The summed E-state index contributed by atoms with van der Waals surface area (Å²) in [6.45, 7) is 0. The number of rotatable bonds is 4. The Morgan fingerprint density at radius 2 is 1.76 bits per heavy atom. The molecular formula is C9H5Cl5N2O. The average molecular weight is 334 g/mol. The van der Waals surface area contributed by atoms with Crippen LogP contribution in [0, 0.1) is 0 Å². The molecule has 92 valence electrons. The second kappa shape index (κ2) is 6.66. The summed E-state index contributed by atoms with van der Waals surface area (Å²) in [7, 11) is 0. The third-order valence-corrected chi connectivity index (χ3v) is 2.95. The van der Waals surface area contributed by atoms with Gasteiger partial charge in [0.2, 0.25) is 0 Å². The van der Waals surface area contributed by atoms with E-state index in [-0.39, 0.29) is 21.6 Å². The standard InChI is InChI=1S/C9H5Cl5N2O/c10-3-7(9(14)17)15-16-8-5(12)1-4(11)2-6(8)13/h1-2,16H,3H2. The van der Waals surface area contributed by atoms with Crippen LogP contribution in [-0.4, -0.2) is 16.8 Å². The Balaban J connectivity index is 3.00. The maximum atomic E-state index is 10.8. The average Bonchev–Trinajstić information content (AvgIpc) is 2.21. The summed E-state index contributed by atoms with van der Waals surface area (Å²) in [5.74, 6) is -0.127. The van der Waals surface area contributed by atoms with Gasteiger partial charge < -0.3 is 0 Å². The van der Waals surface area contributed by atoms with E-state index in [1.807, 2.05) is 0 Å². The first-order valence-corrected chi connectivity index (χ1v) is 6.23. The second-order valence-electron chi connectivity index (χ2n) is 2.82. The second-order valence-corrected chi connectivity index (χ2v) is 4.68. The number of anilines is 1. The van der Waals surface area contributed by atoms with Gasteiger partial charge in [-0.05, 0) is 23.7 Å². The van der Waals surface area contributed by atoms with Gasteiger partial charge in [0.05, 0.1) is 21.6 Å². The lowest BCUT2D eigenvalue weighted by Crippen LogP contribution is -2.11. The Morgan fingerprint density at radius 3 is 2.18 bits per heavy atom. The van der Waals surface area contributed by atoms with E-state index in [0.717, 1.165) is 0 Å². The van der Waals surface area contributed by atoms with E-state index in [9.17, 15) is 4.79 Å². The maximum absolute atomic E-state index is 10.8. The third kappa shape index (κ3) is 4.19. The zero-order valence-corrected chi connectivity index (χ0v) is 11.9. The van der Waals surface area contributed by atoms with E-state index in [1.54, 1.807) is 0 Å². The summed E-state index contributed by atoms with van der Waals surface area (Å²) in [5.41, 5.74) is 2.79. The molecule has 0 saturated heterocycles. The topological polar surface area (TPSA) is 41.5 Å². The SMILES string of the molecule is O=C(Cl)C(CCl)=NNc1c(Cl)cc(Cl)cc1Cl. The highest BCUT2D eigenvalue weighted by molar-refractivity contribution is 6.83. The van der Waals surface area contributed by atoms with Crippen molar-refractivity contribution in [3.8, 4) is 0 Å². The highest BCUT2D eigenvalue weighted by Crippen LogP contribution is 2.33. The Morgan fingerprint density at radius 1 is 1.24 bits per heavy atom. The number of alkyl halides is 1. The highest BCUT2D eigenvalue weighted by Gasteiger charge is 2.10. The molecule has 8 heteroatoms. The third-order valence-electron chi connectivity index (χ3n) is 1.66. The van der Waals surface area contributed by atoms with Crippen LogP contribution < -0.4 is 5.43 Å². The number of hydrogen-bond acceptors (Lipinski definition) is 3. The number of halogens is 5. The van der Waals surface area contributed by atoms with Gasteiger partial charge in [0.25, 0.3) is 5.24 Å². The van der Waals surface area contributed by atoms with Gasteiger partial charge in [-0.2, -0.15) is 5.10 Å². The van der Waals surface area contributed by atoms with E-state index >= 15 is 0 Å². The number of benzene rings is 1. The highest BCUT2D eigenvalue weighted by atomic mass is 35.5. The Bertz CT molecular complexity index is 451. The zero-order valence-electron chi connectivity index (χ0n) is 8.11. The summed E-state index contributed by atoms with van der Waals surface area (Å²) in [6.07, 6.45) is 0. The predicted octanol–water partition coefficient (Wildman–Crippen LogP) is 4.42. The minimum absolute atomic E-state index is 0.0459. The predicted molar refractivity (Wildman–Crippen MR) is 74.1 cm³/mol. The van der Waals surface area contributed by atoms with E-state index in [2.05, 4.69) is 10.5 Å². The molecule has 0 saturated carbocycles. The van der Waals surface area contributed by atoms with E-state index in [1.165, 1.54) is 12.1 Å². The Labute approximate surface area is 123 Å². The molecular weight excluding hydrogens is 329 g/mol. The molecule has 1 rings (SSSR count). The van der Waals surface area contributed by atoms with Crippen molar-refractivity contribution >= 4 is 74.6 Å². The molecule has 0 fully saturated rings. The Hall–Kier alpha value is -0.190. The van der Waals surface area contributed by atoms with Crippen molar-refractivity contribution in [2.45, 2.75) is 0 Å². The summed E-state index contributed by atoms with van der Waals surface area (Å²) in [5, 5.41) is 3.87. The molecule has 1 aromatic carbocycles. The van der Waals surface area contributed by atoms with Gasteiger partial charge in [-0.25, -0.2) is 0 Å². The summed E-state index contributed by atoms with van der Waals surface area (Å²) in [6, 6.07) is 2.96. The molecule has 0 aliphatic carbocycles. The first-order chi connectivity index (χ1) is 7.95. The van der Waals surface area contributed by atoms with Crippen LogP contribution in [0.5, 0.6) is 0 Å². The van der Waals surface area contributed by atoms with Crippen LogP contribution in [0.3, 0.4) is 0 Å².